The van der Waals surface area contributed by atoms with Crippen LogP contribution in [0.5, 0.6) is 0 Å². The van der Waals surface area contributed by atoms with E-state index in [-0.39, 0.29) is 23.0 Å². The van der Waals surface area contributed by atoms with E-state index in [2.05, 4.69) is 19.9 Å². The highest BCUT2D eigenvalue weighted by molar-refractivity contribution is 6.01. The van der Waals surface area contributed by atoms with Crippen LogP contribution in [0.3, 0.4) is 0 Å². The molecule has 0 aromatic rings. The molecule has 5 rings (SSSR count). The van der Waals surface area contributed by atoms with Gasteiger partial charge >= 0.3 is 0 Å². The van der Waals surface area contributed by atoms with Crippen LogP contribution in [0.1, 0.15) is 53.4 Å². The number of Topliss-reactive ketones (excluding diaryl/α,β-unsaturated/α-hetero) is 1. The molecule has 156 valence electrons. The van der Waals surface area contributed by atoms with Crippen LogP contribution in [0, 0.1) is 22.7 Å². The number of carbonyl (C=O) groups excluding carboxylic acids is 2. The van der Waals surface area contributed by atoms with Crippen LogP contribution in [0.15, 0.2) is 35.5 Å². The van der Waals surface area contributed by atoms with E-state index in [1.165, 1.54) is 11.1 Å². The highest BCUT2D eigenvalue weighted by Crippen LogP contribution is 2.68. The lowest BCUT2D eigenvalue weighted by Gasteiger charge is -2.54. The van der Waals surface area contributed by atoms with Gasteiger partial charge in [0.15, 0.2) is 29.6 Å². The third-order valence-electron chi connectivity index (χ3n) is 8.48. The topological polar surface area (TPSA) is 52.6 Å². The van der Waals surface area contributed by atoms with Crippen molar-refractivity contribution in [3.05, 3.63) is 35.5 Å². The summed E-state index contributed by atoms with van der Waals surface area (Å²) >= 11 is 0. The summed E-state index contributed by atoms with van der Waals surface area (Å²) in [7, 11) is 0. The van der Waals surface area contributed by atoms with Crippen molar-refractivity contribution in [1.29, 1.82) is 0 Å². The summed E-state index contributed by atoms with van der Waals surface area (Å²) in [4.78, 5) is 24.9. The van der Waals surface area contributed by atoms with Crippen molar-refractivity contribution >= 4 is 11.6 Å². The average molecular weight is 400 g/mol. The summed E-state index contributed by atoms with van der Waals surface area (Å²) < 4.78 is 26.2. The van der Waals surface area contributed by atoms with Crippen molar-refractivity contribution in [2.45, 2.75) is 70.9 Å². The molecule has 1 heterocycles. The first-order valence-electron chi connectivity index (χ1n) is 10.7. The van der Waals surface area contributed by atoms with Gasteiger partial charge in [-0.1, -0.05) is 30.2 Å². The summed E-state index contributed by atoms with van der Waals surface area (Å²) in [5.41, 5.74) is 0.538. The Kier molecular flexibility index (Phi) is 3.85. The fraction of sp³-hybridized carbons (Fsp3) is 0.667. The van der Waals surface area contributed by atoms with Crippen LogP contribution in [0.25, 0.3) is 0 Å². The molecule has 5 heteroatoms. The largest absolute Gasteiger partial charge is 0.344 e. The Hall–Kier alpha value is -1.59. The molecule has 1 aliphatic heterocycles. The number of hydrogen-bond donors (Lipinski definition) is 0. The Morgan fingerprint density at radius 3 is 2.76 bits per heavy atom. The molecule has 0 unspecified atom stereocenters. The number of halogens is 1. The monoisotopic (exact) mass is 400 g/mol. The van der Waals surface area contributed by atoms with E-state index in [9.17, 15) is 14.0 Å². The van der Waals surface area contributed by atoms with E-state index in [1.54, 1.807) is 12.2 Å². The van der Waals surface area contributed by atoms with Gasteiger partial charge in [-0.15, -0.1) is 0 Å². The normalized spacial score (nSPS) is 46.9. The van der Waals surface area contributed by atoms with Crippen molar-refractivity contribution in [3.8, 4) is 0 Å². The zero-order valence-corrected chi connectivity index (χ0v) is 17.6. The van der Waals surface area contributed by atoms with E-state index in [4.69, 9.17) is 9.47 Å². The summed E-state index contributed by atoms with van der Waals surface area (Å²) in [5.74, 6) is -0.860. The van der Waals surface area contributed by atoms with Crippen LogP contribution < -0.4 is 0 Å². The van der Waals surface area contributed by atoms with Gasteiger partial charge in [-0.2, -0.15) is 0 Å². The summed E-state index contributed by atoms with van der Waals surface area (Å²) in [6.07, 6.45) is 10.5. The second kappa shape index (κ2) is 5.76. The number of carbonyl (C=O) groups is 2. The molecule has 0 spiro atoms. The molecular weight excluding hydrogens is 371 g/mol. The first-order valence-corrected chi connectivity index (χ1v) is 10.7. The van der Waals surface area contributed by atoms with E-state index < -0.39 is 35.4 Å². The van der Waals surface area contributed by atoms with Gasteiger partial charge in [-0.05, 0) is 70.4 Å². The Morgan fingerprint density at radius 2 is 2.03 bits per heavy atom. The zero-order valence-electron chi connectivity index (χ0n) is 17.6. The standard InChI is InChI=1S/C24H29FO4/c1-21(2)28-20-12-18-16-6-5-14-11-15(26)7-9-22(14,3)17(16)8-10-23(18,4)24(20,29-21)19(27)13-25/h7-9,11,16,18,20H,5-6,10,12-13H2,1-4H3/t16-,18+,20-,22+,23+,24-/m1/s1. The predicted molar refractivity (Wildman–Crippen MR) is 106 cm³/mol. The first-order chi connectivity index (χ1) is 13.6. The third-order valence-corrected chi connectivity index (χ3v) is 8.48. The van der Waals surface area contributed by atoms with Crippen LogP contribution in [0.4, 0.5) is 4.39 Å². The maximum absolute atomic E-state index is 13.8. The number of rotatable bonds is 2. The molecule has 4 aliphatic carbocycles. The summed E-state index contributed by atoms with van der Waals surface area (Å²) in [6, 6.07) is 0. The molecule has 5 aliphatic rings. The summed E-state index contributed by atoms with van der Waals surface area (Å²) in [6.45, 7) is 6.87. The molecule has 0 bridgehead atoms. The molecule has 1 saturated heterocycles. The van der Waals surface area contributed by atoms with Crippen molar-refractivity contribution < 1.29 is 23.5 Å². The molecular formula is C24H29FO4. The minimum atomic E-state index is -1.23. The molecule has 0 aromatic heterocycles. The molecule has 0 aromatic carbocycles. The average Bonchev–Trinajstić information content (AvgIpc) is 3.07. The maximum atomic E-state index is 13.8. The van der Waals surface area contributed by atoms with Crippen molar-refractivity contribution in [2.24, 2.45) is 22.7 Å². The second-order valence-electron chi connectivity index (χ2n) is 10.3. The van der Waals surface area contributed by atoms with Gasteiger partial charge in [0.2, 0.25) is 0 Å². The Morgan fingerprint density at radius 1 is 1.28 bits per heavy atom. The van der Waals surface area contributed by atoms with Gasteiger partial charge in [-0.25, -0.2) is 4.39 Å². The number of alkyl halides is 1. The van der Waals surface area contributed by atoms with Gasteiger partial charge in [0, 0.05) is 10.8 Å². The second-order valence-corrected chi connectivity index (χ2v) is 10.3. The maximum Gasteiger partial charge on any atom is 0.198 e. The Labute approximate surface area is 171 Å². The SMILES string of the molecule is CC1(C)O[C@@H]2C[C@H]3[C@@H]4CCC5=CC(=O)C=C[C@]5(C)C4=CC[C@]3(C)[C@]2(C(=O)CF)O1. The molecule has 0 radical (unpaired) electrons. The Bertz CT molecular complexity index is 899. The van der Waals surface area contributed by atoms with Gasteiger partial charge in [-0.3, -0.25) is 9.59 Å². The quantitative estimate of drug-likeness (QED) is 0.650. The van der Waals surface area contributed by atoms with Crippen molar-refractivity contribution in [3.63, 3.8) is 0 Å². The van der Waals surface area contributed by atoms with E-state index in [0.717, 1.165) is 12.8 Å². The number of hydrogen-bond acceptors (Lipinski definition) is 4. The van der Waals surface area contributed by atoms with Crippen LogP contribution >= 0.6 is 0 Å². The molecule has 0 N–H and O–H groups in total. The molecule has 3 fully saturated rings. The fourth-order valence-corrected chi connectivity index (χ4v) is 7.23. The number of fused-ring (bicyclic) bond motifs is 7. The lowest BCUT2D eigenvalue weighted by molar-refractivity contribution is -0.205. The van der Waals surface area contributed by atoms with Crippen molar-refractivity contribution in [2.75, 3.05) is 6.67 Å². The highest BCUT2D eigenvalue weighted by atomic mass is 19.1. The minimum Gasteiger partial charge on any atom is -0.344 e. The Balaban J connectivity index is 1.61. The third kappa shape index (κ3) is 2.26. The van der Waals surface area contributed by atoms with Gasteiger partial charge in [0.25, 0.3) is 0 Å². The highest BCUT2D eigenvalue weighted by Gasteiger charge is 2.74. The molecule has 29 heavy (non-hydrogen) atoms. The van der Waals surface area contributed by atoms with E-state index in [0.29, 0.717) is 12.8 Å². The predicted octanol–water partition coefficient (Wildman–Crippen LogP) is 4.25. The lowest BCUT2D eigenvalue weighted by atomic mass is 9.51. The van der Waals surface area contributed by atoms with Gasteiger partial charge in [0.05, 0.1) is 6.10 Å². The minimum absolute atomic E-state index is 0.0594. The van der Waals surface area contributed by atoms with Crippen LogP contribution in [-0.4, -0.2) is 35.7 Å². The smallest absolute Gasteiger partial charge is 0.198 e. The molecule has 6 atom stereocenters. The number of ether oxygens (including phenoxy) is 2. The zero-order chi connectivity index (χ0) is 20.8. The number of ketones is 2. The molecule has 4 nitrogen and oxygen atoms in total. The van der Waals surface area contributed by atoms with E-state index in [1.807, 2.05) is 19.9 Å². The van der Waals surface area contributed by atoms with Crippen molar-refractivity contribution in [1.82, 2.24) is 0 Å². The van der Waals surface area contributed by atoms with Crippen LogP contribution in [0.2, 0.25) is 0 Å². The van der Waals surface area contributed by atoms with Gasteiger partial charge in [0.1, 0.15) is 0 Å². The van der Waals surface area contributed by atoms with Gasteiger partial charge < -0.3 is 9.47 Å². The summed E-state index contributed by atoms with van der Waals surface area (Å²) in [5, 5.41) is 0. The first kappa shape index (κ1) is 19.4. The molecule has 0 amide bonds. The van der Waals surface area contributed by atoms with Crippen LogP contribution in [-0.2, 0) is 19.1 Å². The number of allylic oxidation sites excluding steroid dienone is 6. The lowest BCUT2D eigenvalue weighted by Crippen LogP contribution is -2.59. The van der Waals surface area contributed by atoms with E-state index >= 15 is 0 Å². The fourth-order valence-electron chi connectivity index (χ4n) is 7.23. The molecule has 2 saturated carbocycles.